The van der Waals surface area contributed by atoms with E-state index in [-0.39, 0.29) is 10.8 Å². The summed E-state index contributed by atoms with van der Waals surface area (Å²) < 4.78 is 0. The minimum atomic E-state index is -0.705. The number of hydrogen-bond acceptors (Lipinski definition) is 1. The van der Waals surface area contributed by atoms with E-state index >= 15 is 0 Å². The average molecular weight is 204 g/mol. The fourth-order valence-corrected chi connectivity index (χ4v) is 2.88. The zero-order chi connectivity index (χ0) is 11.5. The standard InChI is InChI=1S/C14H20O/c1-12(2)10-8-6-7-9-11(10)13(3,4)14(12,5)15/h6-9,15H,1-5H3. The van der Waals surface area contributed by atoms with E-state index < -0.39 is 5.60 Å². The molecule has 1 nitrogen and oxygen atoms in total. The minimum absolute atomic E-state index is 0.187. The third-order valence-corrected chi connectivity index (χ3v) is 4.71. The van der Waals surface area contributed by atoms with Crippen LogP contribution in [0, 0.1) is 0 Å². The quantitative estimate of drug-likeness (QED) is 0.688. The molecule has 1 heteroatoms. The molecule has 0 unspecified atom stereocenters. The Morgan fingerprint density at radius 1 is 0.800 bits per heavy atom. The summed E-state index contributed by atoms with van der Waals surface area (Å²) >= 11 is 0. The van der Waals surface area contributed by atoms with Crippen molar-refractivity contribution in [1.82, 2.24) is 0 Å². The molecule has 82 valence electrons. The zero-order valence-corrected chi connectivity index (χ0v) is 10.3. The highest BCUT2D eigenvalue weighted by Gasteiger charge is 2.58. The third kappa shape index (κ3) is 1.02. The molecule has 1 aromatic carbocycles. The highest BCUT2D eigenvalue weighted by Crippen LogP contribution is 2.55. The van der Waals surface area contributed by atoms with Gasteiger partial charge in [-0.05, 0) is 18.1 Å². The Balaban J connectivity index is 2.78. The molecule has 0 fully saturated rings. The van der Waals surface area contributed by atoms with E-state index in [2.05, 4.69) is 52.0 Å². The average Bonchev–Trinajstić information content (AvgIpc) is 2.26. The van der Waals surface area contributed by atoms with Gasteiger partial charge in [0.15, 0.2) is 0 Å². The van der Waals surface area contributed by atoms with E-state index in [9.17, 15) is 5.11 Å². The fourth-order valence-electron chi connectivity index (χ4n) is 2.88. The Bertz CT molecular complexity index is 363. The third-order valence-electron chi connectivity index (χ3n) is 4.71. The number of benzene rings is 1. The normalized spacial score (nSPS) is 24.9. The van der Waals surface area contributed by atoms with Gasteiger partial charge in [0.25, 0.3) is 0 Å². The van der Waals surface area contributed by atoms with Gasteiger partial charge < -0.3 is 5.11 Å². The van der Waals surface area contributed by atoms with Crippen molar-refractivity contribution < 1.29 is 5.11 Å². The predicted octanol–water partition coefficient (Wildman–Crippen LogP) is 3.01. The van der Waals surface area contributed by atoms with Crippen LogP contribution in [-0.4, -0.2) is 10.7 Å². The number of rotatable bonds is 0. The summed E-state index contributed by atoms with van der Waals surface area (Å²) in [4.78, 5) is 0. The van der Waals surface area contributed by atoms with Gasteiger partial charge in [-0.1, -0.05) is 52.0 Å². The van der Waals surface area contributed by atoms with Gasteiger partial charge >= 0.3 is 0 Å². The second kappa shape index (κ2) is 2.65. The van der Waals surface area contributed by atoms with Gasteiger partial charge in [-0.15, -0.1) is 0 Å². The van der Waals surface area contributed by atoms with Crippen molar-refractivity contribution in [2.24, 2.45) is 0 Å². The van der Waals surface area contributed by atoms with E-state index in [4.69, 9.17) is 0 Å². The summed E-state index contributed by atoms with van der Waals surface area (Å²) in [5.41, 5.74) is 1.48. The summed E-state index contributed by atoms with van der Waals surface area (Å²) in [7, 11) is 0. The lowest BCUT2D eigenvalue weighted by molar-refractivity contribution is -0.0497. The molecular weight excluding hydrogens is 184 g/mol. The Morgan fingerprint density at radius 3 is 1.47 bits per heavy atom. The SMILES string of the molecule is CC1(C)c2ccccc2C(C)(C)C1(C)O. The number of hydrogen-bond donors (Lipinski definition) is 1. The van der Waals surface area contributed by atoms with Crippen molar-refractivity contribution in [1.29, 1.82) is 0 Å². The Morgan fingerprint density at radius 2 is 1.13 bits per heavy atom. The van der Waals surface area contributed by atoms with Crippen molar-refractivity contribution >= 4 is 0 Å². The summed E-state index contributed by atoms with van der Waals surface area (Å²) in [5, 5.41) is 10.8. The van der Waals surface area contributed by atoms with Crippen LogP contribution in [0.2, 0.25) is 0 Å². The topological polar surface area (TPSA) is 20.2 Å². The van der Waals surface area contributed by atoms with Crippen molar-refractivity contribution in [2.45, 2.75) is 51.0 Å². The van der Waals surface area contributed by atoms with Crippen molar-refractivity contribution in [3.63, 3.8) is 0 Å². The van der Waals surface area contributed by atoms with E-state index in [1.165, 1.54) is 11.1 Å². The van der Waals surface area contributed by atoms with Gasteiger partial charge in [0.05, 0.1) is 5.60 Å². The monoisotopic (exact) mass is 204 g/mol. The van der Waals surface area contributed by atoms with E-state index in [1.54, 1.807) is 0 Å². The van der Waals surface area contributed by atoms with Gasteiger partial charge in [0.2, 0.25) is 0 Å². The molecule has 0 bridgehead atoms. The highest BCUT2D eigenvalue weighted by molar-refractivity contribution is 5.49. The minimum Gasteiger partial charge on any atom is -0.388 e. The molecule has 0 aliphatic heterocycles. The predicted molar refractivity (Wildman–Crippen MR) is 63.1 cm³/mol. The first kappa shape index (κ1) is 10.7. The highest BCUT2D eigenvalue weighted by atomic mass is 16.3. The lowest BCUT2D eigenvalue weighted by atomic mass is 9.67. The van der Waals surface area contributed by atoms with Crippen LogP contribution < -0.4 is 0 Å². The molecule has 15 heavy (non-hydrogen) atoms. The van der Waals surface area contributed by atoms with E-state index in [0.29, 0.717) is 0 Å². The Hall–Kier alpha value is -0.820. The molecule has 0 spiro atoms. The van der Waals surface area contributed by atoms with Crippen molar-refractivity contribution in [3.05, 3.63) is 35.4 Å². The lowest BCUT2D eigenvalue weighted by Gasteiger charge is -2.42. The van der Waals surface area contributed by atoms with Crippen LogP contribution in [0.15, 0.2) is 24.3 Å². The molecule has 0 heterocycles. The van der Waals surface area contributed by atoms with Crippen LogP contribution in [0.4, 0.5) is 0 Å². The van der Waals surface area contributed by atoms with Gasteiger partial charge in [-0.2, -0.15) is 0 Å². The summed E-state index contributed by atoms with van der Waals surface area (Å²) in [6, 6.07) is 8.38. The maximum absolute atomic E-state index is 10.8. The molecular formula is C14H20O. The molecule has 1 aromatic rings. The maximum atomic E-state index is 10.8. The fraction of sp³-hybridized carbons (Fsp3) is 0.571. The molecule has 0 saturated carbocycles. The molecule has 0 aromatic heterocycles. The number of aliphatic hydroxyl groups is 1. The first-order chi connectivity index (χ1) is 6.73. The van der Waals surface area contributed by atoms with Crippen molar-refractivity contribution in [2.75, 3.05) is 0 Å². The van der Waals surface area contributed by atoms with Crippen LogP contribution >= 0.6 is 0 Å². The molecule has 1 N–H and O–H groups in total. The lowest BCUT2D eigenvalue weighted by Crippen LogP contribution is -2.51. The molecule has 0 amide bonds. The maximum Gasteiger partial charge on any atom is 0.0801 e. The second-order valence-corrected chi connectivity index (χ2v) is 5.87. The summed E-state index contributed by atoms with van der Waals surface area (Å²) in [6.07, 6.45) is 0. The van der Waals surface area contributed by atoms with E-state index in [0.717, 1.165) is 0 Å². The molecule has 0 atom stereocenters. The zero-order valence-electron chi connectivity index (χ0n) is 10.3. The summed E-state index contributed by atoms with van der Waals surface area (Å²) in [6.45, 7) is 10.5. The molecule has 2 rings (SSSR count). The number of fused-ring (bicyclic) bond motifs is 1. The molecule has 1 aliphatic rings. The molecule has 0 radical (unpaired) electrons. The second-order valence-electron chi connectivity index (χ2n) is 5.87. The first-order valence-electron chi connectivity index (χ1n) is 5.55. The van der Waals surface area contributed by atoms with Crippen LogP contribution in [0.5, 0.6) is 0 Å². The Labute approximate surface area is 92.1 Å². The molecule has 1 aliphatic carbocycles. The van der Waals surface area contributed by atoms with Crippen molar-refractivity contribution in [3.8, 4) is 0 Å². The Kier molecular flexibility index (Phi) is 1.89. The van der Waals surface area contributed by atoms with Gasteiger partial charge in [0, 0.05) is 10.8 Å². The molecule has 0 saturated heterocycles. The summed E-state index contributed by atoms with van der Waals surface area (Å²) in [5.74, 6) is 0. The largest absolute Gasteiger partial charge is 0.388 e. The van der Waals surface area contributed by atoms with Crippen LogP contribution in [0.1, 0.15) is 45.7 Å². The van der Waals surface area contributed by atoms with E-state index in [1.807, 2.05) is 6.92 Å². The van der Waals surface area contributed by atoms with Gasteiger partial charge in [-0.25, -0.2) is 0 Å². The van der Waals surface area contributed by atoms with Gasteiger partial charge in [0.1, 0.15) is 0 Å². The van der Waals surface area contributed by atoms with Crippen LogP contribution in [-0.2, 0) is 10.8 Å². The van der Waals surface area contributed by atoms with Crippen LogP contribution in [0.25, 0.3) is 0 Å². The smallest absolute Gasteiger partial charge is 0.0801 e. The van der Waals surface area contributed by atoms with Crippen LogP contribution in [0.3, 0.4) is 0 Å². The first-order valence-corrected chi connectivity index (χ1v) is 5.55. The van der Waals surface area contributed by atoms with Gasteiger partial charge in [-0.3, -0.25) is 0 Å².